The van der Waals surface area contributed by atoms with E-state index in [9.17, 15) is 0 Å². The second-order valence-corrected chi connectivity index (χ2v) is 4.56. The molecule has 1 aliphatic heterocycles. The Morgan fingerprint density at radius 3 is 2.58 bits per heavy atom. The maximum atomic E-state index is 5.78. The zero-order valence-corrected chi connectivity index (χ0v) is 12.5. The molecule has 1 fully saturated rings. The van der Waals surface area contributed by atoms with Crippen LogP contribution in [0.3, 0.4) is 0 Å². The average Bonchev–Trinajstić information content (AvgIpc) is 2.82. The Morgan fingerprint density at radius 2 is 1.89 bits per heavy atom. The summed E-state index contributed by atoms with van der Waals surface area (Å²) < 4.78 is 5.78. The summed E-state index contributed by atoms with van der Waals surface area (Å²) in [5.41, 5.74) is 1.80. The summed E-state index contributed by atoms with van der Waals surface area (Å²) in [6.45, 7) is 2.16. The van der Waals surface area contributed by atoms with Crippen molar-refractivity contribution in [1.29, 1.82) is 0 Å². The fraction of sp³-hybridized carbons (Fsp3) is 0.462. The maximum absolute atomic E-state index is 5.78. The number of nitrogens with one attached hydrogen (secondary N) is 1. The van der Waals surface area contributed by atoms with Gasteiger partial charge < -0.3 is 14.6 Å². The molecule has 1 saturated heterocycles. The molecule has 0 saturated carbocycles. The Kier molecular flexibility index (Phi) is 5.91. The van der Waals surface area contributed by atoms with Gasteiger partial charge in [0.1, 0.15) is 5.52 Å². The zero-order valence-electron chi connectivity index (χ0n) is 10.8. The van der Waals surface area contributed by atoms with Crippen LogP contribution in [-0.4, -0.2) is 31.2 Å². The molecule has 0 aliphatic carbocycles. The fourth-order valence-corrected chi connectivity index (χ4v) is 2.36. The van der Waals surface area contributed by atoms with Crippen LogP contribution < -0.4 is 10.2 Å². The lowest BCUT2D eigenvalue weighted by Crippen LogP contribution is -2.41. The van der Waals surface area contributed by atoms with E-state index in [4.69, 9.17) is 4.42 Å². The van der Waals surface area contributed by atoms with Crippen molar-refractivity contribution in [3.8, 4) is 0 Å². The van der Waals surface area contributed by atoms with Crippen LogP contribution in [0.4, 0.5) is 6.01 Å². The lowest BCUT2D eigenvalue weighted by atomic mass is 10.1. The van der Waals surface area contributed by atoms with Crippen molar-refractivity contribution in [2.45, 2.75) is 18.9 Å². The van der Waals surface area contributed by atoms with Gasteiger partial charge >= 0.3 is 0 Å². The SMILES string of the molecule is CN(c1nc2ccccc2o1)C1CCNCC1.Cl.Cl. The number of halogens is 2. The molecule has 3 rings (SSSR count). The number of piperidine rings is 1. The minimum absolute atomic E-state index is 0. The highest BCUT2D eigenvalue weighted by molar-refractivity contribution is 5.85. The van der Waals surface area contributed by atoms with Gasteiger partial charge in [0.05, 0.1) is 0 Å². The number of hydrogen-bond acceptors (Lipinski definition) is 4. The van der Waals surface area contributed by atoms with Gasteiger partial charge in [-0.15, -0.1) is 24.8 Å². The van der Waals surface area contributed by atoms with Crippen LogP contribution >= 0.6 is 24.8 Å². The fourth-order valence-electron chi connectivity index (χ4n) is 2.36. The normalized spacial score (nSPS) is 15.6. The van der Waals surface area contributed by atoms with Crippen LogP contribution in [0, 0.1) is 0 Å². The summed E-state index contributed by atoms with van der Waals surface area (Å²) in [5.74, 6) is 0. The van der Waals surface area contributed by atoms with Gasteiger partial charge in [-0.25, -0.2) is 0 Å². The van der Waals surface area contributed by atoms with Gasteiger partial charge in [-0.1, -0.05) is 12.1 Å². The average molecular weight is 304 g/mol. The van der Waals surface area contributed by atoms with Crippen molar-refractivity contribution in [1.82, 2.24) is 10.3 Å². The molecule has 0 unspecified atom stereocenters. The Balaban J connectivity index is 0.000000902. The summed E-state index contributed by atoms with van der Waals surface area (Å²) in [5, 5.41) is 3.37. The molecule has 0 atom stereocenters. The Bertz CT molecular complexity index is 478. The van der Waals surface area contributed by atoms with Crippen molar-refractivity contribution in [2.24, 2.45) is 0 Å². The largest absolute Gasteiger partial charge is 0.423 e. The highest BCUT2D eigenvalue weighted by Crippen LogP contribution is 2.24. The van der Waals surface area contributed by atoms with Gasteiger partial charge in [0, 0.05) is 13.1 Å². The minimum atomic E-state index is 0. The molecule has 0 bridgehead atoms. The van der Waals surface area contributed by atoms with Gasteiger partial charge in [-0.3, -0.25) is 0 Å². The number of anilines is 1. The van der Waals surface area contributed by atoms with Gasteiger partial charge in [0.2, 0.25) is 0 Å². The topological polar surface area (TPSA) is 41.3 Å². The number of nitrogens with zero attached hydrogens (tertiary/aromatic N) is 2. The van der Waals surface area contributed by atoms with Gasteiger partial charge in [0.15, 0.2) is 5.58 Å². The quantitative estimate of drug-likeness (QED) is 0.926. The third-order valence-corrected chi connectivity index (χ3v) is 3.44. The third-order valence-electron chi connectivity index (χ3n) is 3.44. The minimum Gasteiger partial charge on any atom is -0.423 e. The molecule has 4 nitrogen and oxygen atoms in total. The number of para-hydroxylation sites is 2. The molecule has 0 radical (unpaired) electrons. The van der Waals surface area contributed by atoms with E-state index in [1.165, 1.54) is 0 Å². The molecule has 2 aromatic rings. The van der Waals surface area contributed by atoms with E-state index < -0.39 is 0 Å². The Labute approximate surface area is 125 Å². The first kappa shape index (κ1) is 16.1. The lowest BCUT2D eigenvalue weighted by Gasteiger charge is -2.30. The van der Waals surface area contributed by atoms with E-state index in [-0.39, 0.29) is 24.8 Å². The van der Waals surface area contributed by atoms with Crippen molar-refractivity contribution in [3.63, 3.8) is 0 Å². The van der Waals surface area contributed by atoms with E-state index >= 15 is 0 Å². The molecule has 106 valence electrons. The summed E-state index contributed by atoms with van der Waals surface area (Å²) >= 11 is 0. The number of rotatable bonds is 2. The molecule has 6 heteroatoms. The molecule has 1 N–H and O–H groups in total. The van der Waals surface area contributed by atoms with E-state index in [1.54, 1.807) is 0 Å². The first-order chi connectivity index (χ1) is 8.34. The first-order valence-electron chi connectivity index (χ1n) is 6.14. The number of hydrogen-bond donors (Lipinski definition) is 1. The monoisotopic (exact) mass is 303 g/mol. The van der Waals surface area contributed by atoms with Crippen LogP contribution in [0.2, 0.25) is 0 Å². The van der Waals surface area contributed by atoms with Gasteiger partial charge in [0.25, 0.3) is 6.01 Å². The van der Waals surface area contributed by atoms with Crippen molar-refractivity contribution < 1.29 is 4.42 Å². The first-order valence-corrected chi connectivity index (χ1v) is 6.14. The molecule has 2 heterocycles. The lowest BCUT2D eigenvalue weighted by molar-refractivity contribution is 0.423. The molecule has 1 aromatic carbocycles. The zero-order chi connectivity index (χ0) is 11.7. The second-order valence-electron chi connectivity index (χ2n) is 4.56. The molecule has 0 spiro atoms. The van der Waals surface area contributed by atoms with E-state index in [0.29, 0.717) is 6.04 Å². The van der Waals surface area contributed by atoms with Crippen molar-refractivity contribution >= 4 is 41.9 Å². The number of benzene rings is 1. The van der Waals surface area contributed by atoms with Crippen LogP contribution in [0.25, 0.3) is 11.1 Å². The standard InChI is InChI=1S/C13H17N3O.2ClH/c1-16(10-6-8-14-9-7-10)13-15-11-4-2-3-5-12(11)17-13;;/h2-5,10,14H,6-9H2,1H3;2*1H. The molecule has 1 aliphatic rings. The smallest absolute Gasteiger partial charge is 0.298 e. The van der Waals surface area contributed by atoms with E-state index in [1.807, 2.05) is 24.3 Å². The summed E-state index contributed by atoms with van der Waals surface area (Å²) in [6, 6.07) is 9.17. The molecular weight excluding hydrogens is 285 g/mol. The summed E-state index contributed by atoms with van der Waals surface area (Å²) in [7, 11) is 2.07. The molecule has 19 heavy (non-hydrogen) atoms. The molecular formula is C13H19Cl2N3O. The number of aromatic nitrogens is 1. The molecule has 1 aromatic heterocycles. The van der Waals surface area contributed by atoms with Crippen LogP contribution in [0.5, 0.6) is 0 Å². The Morgan fingerprint density at radius 1 is 1.21 bits per heavy atom. The summed E-state index contributed by atoms with van der Waals surface area (Å²) in [6.07, 6.45) is 2.30. The second kappa shape index (κ2) is 6.98. The van der Waals surface area contributed by atoms with Crippen molar-refractivity contribution in [3.05, 3.63) is 24.3 Å². The molecule has 0 amide bonds. The van der Waals surface area contributed by atoms with Gasteiger partial charge in [-0.2, -0.15) is 4.98 Å². The predicted molar refractivity (Wildman–Crippen MR) is 82.8 cm³/mol. The van der Waals surface area contributed by atoms with Crippen LogP contribution in [0.1, 0.15) is 12.8 Å². The number of oxazole rings is 1. The highest BCUT2D eigenvalue weighted by Gasteiger charge is 2.21. The third kappa shape index (κ3) is 3.32. The van der Waals surface area contributed by atoms with Crippen LogP contribution in [0.15, 0.2) is 28.7 Å². The predicted octanol–water partition coefficient (Wildman–Crippen LogP) is 2.86. The summed E-state index contributed by atoms with van der Waals surface area (Å²) in [4.78, 5) is 6.69. The number of fused-ring (bicyclic) bond motifs is 1. The van der Waals surface area contributed by atoms with E-state index in [2.05, 4.69) is 22.2 Å². The van der Waals surface area contributed by atoms with Gasteiger partial charge in [-0.05, 0) is 38.1 Å². The van der Waals surface area contributed by atoms with Crippen molar-refractivity contribution in [2.75, 3.05) is 25.0 Å². The Hall–Kier alpha value is -0.970. The highest BCUT2D eigenvalue weighted by atomic mass is 35.5. The maximum Gasteiger partial charge on any atom is 0.298 e. The van der Waals surface area contributed by atoms with Crippen LogP contribution in [-0.2, 0) is 0 Å². The van der Waals surface area contributed by atoms with E-state index in [0.717, 1.165) is 43.0 Å².